The fraction of sp³-hybridized carbons (Fsp3) is 0.353. The topological polar surface area (TPSA) is 75.8 Å². The number of hydrogen-bond acceptors (Lipinski definition) is 3. The van der Waals surface area contributed by atoms with E-state index in [0.717, 1.165) is 5.56 Å². The zero-order valence-electron chi connectivity index (χ0n) is 12.8. The molecule has 2 amide bonds. The maximum atomic E-state index is 12.5. The van der Waals surface area contributed by atoms with Crippen LogP contribution < -0.4 is 5.73 Å². The molecule has 1 aromatic rings. The molecule has 3 rings (SSSR count). The lowest BCUT2D eigenvalue weighted by Crippen LogP contribution is -2.41. The second-order valence-electron chi connectivity index (χ2n) is 6.61. The molecule has 0 unspecified atom stereocenters. The molecule has 0 fully saturated rings. The van der Waals surface area contributed by atoms with E-state index >= 15 is 0 Å². The largest absolute Gasteiger partial charge is 0.350 e. The van der Waals surface area contributed by atoms with Gasteiger partial charge in [-0.05, 0) is 17.4 Å². The van der Waals surface area contributed by atoms with E-state index in [2.05, 4.69) is 5.10 Å². The quantitative estimate of drug-likeness (QED) is 0.865. The lowest BCUT2D eigenvalue weighted by Gasteiger charge is -2.37. The SMILES string of the molecule is CC1(C)CC(=O)C2=C(C1)N(C(N)=O)N=C(c1ccccc1)C2. The number of ketones is 1. The van der Waals surface area contributed by atoms with Gasteiger partial charge in [0.1, 0.15) is 0 Å². The van der Waals surface area contributed by atoms with Gasteiger partial charge in [-0.25, -0.2) is 4.79 Å². The summed E-state index contributed by atoms with van der Waals surface area (Å²) in [5.41, 5.74) is 8.24. The molecule has 0 saturated carbocycles. The monoisotopic (exact) mass is 297 g/mol. The Morgan fingerprint density at radius 1 is 1.23 bits per heavy atom. The average molecular weight is 297 g/mol. The Hall–Kier alpha value is -2.43. The van der Waals surface area contributed by atoms with Gasteiger partial charge in [-0.3, -0.25) is 4.79 Å². The number of benzene rings is 1. The molecule has 0 aromatic heterocycles. The molecule has 5 nitrogen and oxygen atoms in total. The summed E-state index contributed by atoms with van der Waals surface area (Å²) in [6.45, 7) is 4.04. The summed E-state index contributed by atoms with van der Waals surface area (Å²) in [7, 11) is 0. The first-order valence-corrected chi connectivity index (χ1v) is 7.35. The van der Waals surface area contributed by atoms with Crippen LogP contribution in [0.1, 0.15) is 38.7 Å². The van der Waals surface area contributed by atoms with Crippen LogP contribution in [0.4, 0.5) is 4.79 Å². The molecule has 22 heavy (non-hydrogen) atoms. The number of carbonyl (C=O) groups excluding carboxylic acids is 2. The van der Waals surface area contributed by atoms with Gasteiger partial charge in [0.2, 0.25) is 0 Å². The number of nitrogens with two attached hydrogens (primary N) is 1. The van der Waals surface area contributed by atoms with Crippen LogP contribution >= 0.6 is 0 Å². The Morgan fingerprint density at radius 3 is 2.55 bits per heavy atom. The predicted molar refractivity (Wildman–Crippen MR) is 84.1 cm³/mol. The minimum Gasteiger partial charge on any atom is -0.350 e. The molecule has 0 bridgehead atoms. The Kier molecular flexibility index (Phi) is 3.35. The highest BCUT2D eigenvalue weighted by Gasteiger charge is 2.39. The van der Waals surface area contributed by atoms with Gasteiger partial charge in [0.05, 0.1) is 11.4 Å². The number of primary amides is 1. The van der Waals surface area contributed by atoms with Crippen molar-refractivity contribution in [2.45, 2.75) is 33.1 Å². The van der Waals surface area contributed by atoms with Crippen molar-refractivity contribution in [3.63, 3.8) is 0 Å². The third kappa shape index (κ3) is 2.54. The molecule has 2 N–H and O–H groups in total. The first kappa shape index (κ1) is 14.5. The number of allylic oxidation sites excluding steroid dienone is 2. The Bertz CT molecular complexity index is 702. The van der Waals surface area contributed by atoms with Crippen LogP contribution in [0.5, 0.6) is 0 Å². The van der Waals surface area contributed by atoms with Gasteiger partial charge in [-0.15, -0.1) is 0 Å². The van der Waals surface area contributed by atoms with Crippen molar-refractivity contribution in [3.8, 4) is 0 Å². The minimum absolute atomic E-state index is 0.0841. The second-order valence-corrected chi connectivity index (χ2v) is 6.61. The van der Waals surface area contributed by atoms with E-state index in [1.165, 1.54) is 5.01 Å². The number of rotatable bonds is 1. The van der Waals surface area contributed by atoms with E-state index in [9.17, 15) is 9.59 Å². The molecule has 0 saturated heterocycles. The first-order chi connectivity index (χ1) is 10.4. The summed E-state index contributed by atoms with van der Waals surface area (Å²) in [4.78, 5) is 24.3. The molecule has 114 valence electrons. The Labute approximate surface area is 129 Å². The lowest BCUT2D eigenvalue weighted by atomic mass is 9.74. The van der Waals surface area contributed by atoms with Crippen LogP contribution in [0.15, 0.2) is 46.7 Å². The van der Waals surface area contributed by atoms with Crippen molar-refractivity contribution < 1.29 is 9.59 Å². The van der Waals surface area contributed by atoms with E-state index in [0.29, 0.717) is 36.2 Å². The van der Waals surface area contributed by atoms with Gasteiger partial charge in [0.25, 0.3) is 0 Å². The van der Waals surface area contributed by atoms with Crippen molar-refractivity contribution in [3.05, 3.63) is 47.2 Å². The van der Waals surface area contributed by atoms with Crippen molar-refractivity contribution in [2.75, 3.05) is 0 Å². The highest BCUT2D eigenvalue weighted by Crippen LogP contribution is 2.41. The van der Waals surface area contributed by atoms with E-state index in [-0.39, 0.29) is 11.2 Å². The summed E-state index contributed by atoms with van der Waals surface area (Å²) >= 11 is 0. The number of amides is 2. The van der Waals surface area contributed by atoms with E-state index in [4.69, 9.17) is 5.73 Å². The number of carbonyl (C=O) groups is 2. The fourth-order valence-electron chi connectivity index (χ4n) is 3.08. The maximum Gasteiger partial charge on any atom is 0.339 e. The summed E-state index contributed by atoms with van der Waals surface area (Å²) < 4.78 is 0. The number of urea groups is 1. The molecule has 1 aliphatic heterocycles. The van der Waals surface area contributed by atoms with Crippen molar-refractivity contribution in [1.82, 2.24) is 5.01 Å². The Balaban J connectivity index is 2.05. The molecule has 0 atom stereocenters. The molecule has 2 aliphatic rings. The highest BCUT2D eigenvalue weighted by molar-refractivity contribution is 6.10. The summed E-state index contributed by atoms with van der Waals surface area (Å²) in [5, 5.41) is 5.61. The van der Waals surface area contributed by atoms with Crippen molar-refractivity contribution in [2.24, 2.45) is 16.3 Å². The van der Waals surface area contributed by atoms with E-state index in [1.807, 2.05) is 44.2 Å². The fourth-order valence-corrected chi connectivity index (χ4v) is 3.08. The third-order valence-corrected chi connectivity index (χ3v) is 4.11. The van der Waals surface area contributed by atoms with Crippen LogP contribution in [0, 0.1) is 5.41 Å². The number of hydrazone groups is 1. The molecule has 1 heterocycles. The van der Waals surface area contributed by atoms with Gasteiger partial charge in [-0.1, -0.05) is 44.2 Å². The van der Waals surface area contributed by atoms with Gasteiger partial charge in [-0.2, -0.15) is 10.1 Å². The van der Waals surface area contributed by atoms with Crippen LogP contribution in [0.25, 0.3) is 0 Å². The zero-order chi connectivity index (χ0) is 15.9. The van der Waals surface area contributed by atoms with Crippen molar-refractivity contribution in [1.29, 1.82) is 0 Å². The van der Waals surface area contributed by atoms with Gasteiger partial charge in [0, 0.05) is 18.4 Å². The summed E-state index contributed by atoms with van der Waals surface area (Å²) in [5.74, 6) is 0.0841. The van der Waals surface area contributed by atoms with E-state index in [1.54, 1.807) is 0 Å². The predicted octanol–water partition coefficient (Wildman–Crippen LogP) is 2.82. The van der Waals surface area contributed by atoms with Gasteiger partial charge >= 0.3 is 6.03 Å². The zero-order valence-corrected chi connectivity index (χ0v) is 12.8. The number of Topliss-reactive ketones (excluding diaryl/α,β-unsaturated/α-hetero) is 1. The molecule has 1 aromatic carbocycles. The minimum atomic E-state index is -0.647. The molecule has 1 aliphatic carbocycles. The van der Waals surface area contributed by atoms with Gasteiger partial charge in [0.15, 0.2) is 5.78 Å². The van der Waals surface area contributed by atoms with Crippen LogP contribution in [0.3, 0.4) is 0 Å². The van der Waals surface area contributed by atoms with Crippen LogP contribution in [-0.4, -0.2) is 22.5 Å². The standard InChI is InChI=1S/C17H19N3O2/c1-17(2)9-14-12(15(21)10-17)8-13(19-20(14)16(18)22)11-6-4-3-5-7-11/h3-7H,8-10H2,1-2H3,(H2,18,22). The number of hydrogen-bond donors (Lipinski definition) is 1. The Morgan fingerprint density at radius 2 is 1.91 bits per heavy atom. The van der Waals surface area contributed by atoms with Gasteiger partial charge < -0.3 is 5.73 Å². The maximum absolute atomic E-state index is 12.5. The molecular formula is C17H19N3O2. The van der Waals surface area contributed by atoms with Crippen LogP contribution in [-0.2, 0) is 4.79 Å². The number of nitrogens with zero attached hydrogens (tertiary/aromatic N) is 2. The van der Waals surface area contributed by atoms with E-state index < -0.39 is 6.03 Å². The molecule has 0 radical (unpaired) electrons. The second kappa shape index (κ2) is 5.09. The van der Waals surface area contributed by atoms with Crippen LogP contribution in [0.2, 0.25) is 0 Å². The molecule has 5 heteroatoms. The lowest BCUT2D eigenvalue weighted by molar-refractivity contribution is -0.118. The normalized spacial score (nSPS) is 20.5. The highest BCUT2D eigenvalue weighted by atomic mass is 16.2. The average Bonchev–Trinajstić information content (AvgIpc) is 2.46. The summed E-state index contributed by atoms with van der Waals surface area (Å²) in [6, 6.07) is 8.91. The summed E-state index contributed by atoms with van der Waals surface area (Å²) in [6.07, 6.45) is 1.57. The molecule has 0 spiro atoms. The third-order valence-electron chi connectivity index (χ3n) is 4.11. The first-order valence-electron chi connectivity index (χ1n) is 7.35. The van der Waals surface area contributed by atoms with Crippen molar-refractivity contribution >= 4 is 17.5 Å². The smallest absolute Gasteiger partial charge is 0.339 e. The molecular weight excluding hydrogens is 278 g/mol.